The highest BCUT2D eigenvalue weighted by atomic mass is 35.5. The Kier molecular flexibility index (Phi) is 5.20. The van der Waals surface area contributed by atoms with Gasteiger partial charge in [0, 0.05) is 29.4 Å². The first-order chi connectivity index (χ1) is 14.9. The molecule has 1 N–H and O–H groups in total. The second-order valence-electron chi connectivity index (χ2n) is 8.33. The van der Waals surface area contributed by atoms with Gasteiger partial charge in [0.1, 0.15) is 29.3 Å². The molecule has 0 unspecified atom stereocenters. The molecule has 3 atom stereocenters. The average molecular weight is 443 g/mol. The van der Waals surface area contributed by atoms with Crippen LogP contribution in [0.5, 0.6) is 5.75 Å². The molecule has 1 aliphatic carbocycles. The van der Waals surface area contributed by atoms with Gasteiger partial charge in [0.15, 0.2) is 0 Å². The molecule has 0 radical (unpaired) electrons. The van der Waals surface area contributed by atoms with Gasteiger partial charge in [-0.05, 0) is 68.7 Å². The van der Waals surface area contributed by atoms with Gasteiger partial charge in [-0.25, -0.2) is 4.39 Å². The van der Waals surface area contributed by atoms with Gasteiger partial charge in [0.25, 0.3) is 0 Å². The van der Waals surface area contributed by atoms with Gasteiger partial charge < -0.3 is 9.84 Å². The summed E-state index contributed by atoms with van der Waals surface area (Å²) in [6.07, 6.45) is 0.535. The molecular weight excluding hydrogens is 419 g/mol. The van der Waals surface area contributed by atoms with Crippen LogP contribution in [0.3, 0.4) is 0 Å². The summed E-state index contributed by atoms with van der Waals surface area (Å²) in [6.45, 7) is 5.15. The maximum absolute atomic E-state index is 14.7. The predicted molar refractivity (Wildman–Crippen MR) is 115 cm³/mol. The van der Waals surface area contributed by atoms with E-state index in [1.165, 1.54) is 6.07 Å². The molecule has 1 saturated heterocycles. The summed E-state index contributed by atoms with van der Waals surface area (Å²) in [5.41, 5.74) is 2.38. The zero-order valence-electron chi connectivity index (χ0n) is 17.4. The Morgan fingerprint density at radius 3 is 2.48 bits per heavy atom. The van der Waals surface area contributed by atoms with Crippen molar-refractivity contribution in [1.82, 2.24) is 19.7 Å². The summed E-state index contributed by atoms with van der Waals surface area (Å²) >= 11 is 6.17. The van der Waals surface area contributed by atoms with Crippen molar-refractivity contribution in [3.63, 3.8) is 0 Å². The number of aryl methyl sites for hydroxylation is 2. The number of aliphatic hydroxyl groups is 1. The van der Waals surface area contributed by atoms with Crippen molar-refractivity contribution >= 4 is 11.6 Å². The van der Waals surface area contributed by atoms with E-state index in [0.717, 1.165) is 35.9 Å². The summed E-state index contributed by atoms with van der Waals surface area (Å²) in [6, 6.07) is 10.8. The van der Waals surface area contributed by atoms with E-state index in [1.807, 2.05) is 42.7 Å². The molecule has 3 aromatic rings. The van der Waals surface area contributed by atoms with Crippen LogP contribution >= 0.6 is 11.6 Å². The molecule has 6 nitrogen and oxygen atoms in total. The molecule has 1 aliphatic heterocycles. The monoisotopic (exact) mass is 442 g/mol. The minimum atomic E-state index is -0.363. The third-order valence-electron chi connectivity index (χ3n) is 6.27. The summed E-state index contributed by atoms with van der Waals surface area (Å²) < 4.78 is 23.1. The maximum Gasteiger partial charge on any atom is 0.140 e. The van der Waals surface area contributed by atoms with E-state index in [-0.39, 0.29) is 24.1 Å². The summed E-state index contributed by atoms with van der Waals surface area (Å²) in [5, 5.41) is 18.6. The number of hydrogen-bond donors (Lipinski definition) is 1. The van der Waals surface area contributed by atoms with Crippen LogP contribution in [0.1, 0.15) is 35.3 Å². The molecular formula is C23H24ClFN4O2. The molecule has 2 heterocycles. The normalized spacial score (nSPS) is 23.3. The number of rotatable bonds is 4. The number of β-amino-alcohol motifs (C(OH)–C–C–N with tert-alkyl or cyclic N) is 1. The summed E-state index contributed by atoms with van der Waals surface area (Å²) in [5.74, 6) is 2.02. The molecule has 0 saturated carbocycles. The topological polar surface area (TPSA) is 63.4 Å². The Hall–Kier alpha value is -2.48. The highest BCUT2D eigenvalue weighted by molar-refractivity contribution is 6.30. The Bertz CT molecular complexity index is 1100. The molecule has 0 spiro atoms. The van der Waals surface area contributed by atoms with Gasteiger partial charge in [0.05, 0.1) is 12.1 Å². The third kappa shape index (κ3) is 3.71. The molecule has 31 heavy (non-hydrogen) atoms. The number of aromatic nitrogens is 3. The van der Waals surface area contributed by atoms with Crippen LogP contribution < -0.4 is 4.74 Å². The average Bonchev–Trinajstić information content (AvgIpc) is 3.41. The lowest BCUT2D eigenvalue weighted by molar-refractivity contribution is 0.0818. The van der Waals surface area contributed by atoms with Gasteiger partial charge in [-0.3, -0.25) is 9.47 Å². The minimum Gasteiger partial charge on any atom is -0.484 e. The molecule has 8 heteroatoms. The Labute approximate surface area is 185 Å². The first-order valence-electron chi connectivity index (χ1n) is 10.5. The van der Waals surface area contributed by atoms with E-state index in [4.69, 9.17) is 16.3 Å². The number of ether oxygens (including phenoxy) is 1. The molecule has 1 fully saturated rings. The van der Waals surface area contributed by atoms with E-state index in [0.29, 0.717) is 29.3 Å². The number of benzene rings is 2. The number of aliphatic hydroxyl groups excluding tert-OH is 1. The fraction of sp³-hybridized carbons (Fsp3) is 0.391. The van der Waals surface area contributed by atoms with Gasteiger partial charge in [-0.15, -0.1) is 10.2 Å². The van der Waals surface area contributed by atoms with Crippen molar-refractivity contribution in [3.8, 4) is 11.4 Å². The van der Waals surface area contributed by atoms with Crippen LogP contribution in [-0.4, -0.2) is 50.0 Å². The Balaban J connectivity index is 1.46. The third-order valence-corrected chi connectivity index (χ3v) is 6.49. The van der Waals surface area contributed by atoms with Crippen molar-refractivity contribution in [2.45, 2.75) is 44.9 Å². The van der Waals surface area contributed by atoms with Crippen LogP contribution in [0, 0.1) is 19.7 Å². The van der Waals surface area contributed by atoms with E-state index in [9.17, 15) is 9.50 Å². The zero-order chi connectivity index (χ0) is 21.7. The van der Waals surface area contributed by atoms with Crippen LogP contribution in [-0.2, 0) is 6.42 Å². The number of halogens is 2. The van der Waals surface area contributed by atoms with Gasteiger partial charge in [-0.1, -0.05) is 11.6 Å². The second kappa shape index (κ2) is 7.89. The van der Waals surface area contributed by atoms with Crippen LogP contribution in [0.2, 0.25) is 5.02 Å². The predicted octanol–water partition coefficient (Wildman–Crippen LogP) is 3.79. The van der Waals surface area contributed by atoms with Crippen LogP contribution in [0.15, 0.2) is 36.4 Å². The fourth-order valence-corrected chi connectivity index (χ4v) is 5.02. The first-order valence-corrected chi connectivity index (χ1v) is 10.8. The van der Waals surface area contributed by atoms with E-state index in [2.05, 4.69) is 15.1 Å². The van der Waals surface area contributed by atoms with Crippen molar-refractivity contribution in [3.05, 3.63) is 70.0 Å². The van der Waals surface area contributed by atoms with Crippen molar-refractivity contribution in [2.75, 3.05) is 13.1 Å². The van der Waals surface area contributed by atoms with E-state index >= 15 is 0 Å². The molecule has 2 aromatic carbocycles. The maximum atomic E-state index is 14.7. The standard InChI is InChI=1S/C23H24ClFN4O2/c1-13-26-27-14(2)29(13)16-3-5-18(6-4-16)31-23-20-9-15(24)10-21(25)19(20)11-22(23)28-8-7-17(30)12-28/h3-6,9-10,17,22-23,30H,7-8,11-12H2,1-2H3/t17-,22+,23+/m1/s1. The summed E-state index contributed by atoms with van der Waals surface area (Å²) in [4.78, 5) is 2.20. The zero-order valence-corrected chi connectivity index (χ0v) is 18.2. The fourth-order valence-electron chi connectivity index (χ4n) is 4.81. The number of nitrogens with zero attached hydrogens (tertiary/aromatic N) is 4. The Morgan fingerprint density at radius 1 is 1.13 bits per heavy atom. The van der Waals surface area contributed by atoms with Crippen molar-refractivity contribution in [1.29, 1.82) is 0 Å². The van der Waals surface area contributed by atoms with Crippen LogP contribution in [0.4, 0.5) is 4.39 Å². The minimum absolute atomic E-state index is 0.0536. The highest BCUT2D eigenvalue weighted by Crippen LogP contribution is 2.41. The smallest absolute Gasteiger partial charge is 0.140 e. The molecule has 5 rings (SSSR count). The SMILES string of the molecule is Cc1nnc(C)n1-c1ccc(O[C@H]2c3cc(Cl)cc(F)c3C[C@@H]2N2CC[C@@H](O)C2)cc1. The number of likely N-dealkylation sites (tertiary alicyclic amines) is 1. The quantitative estimate of drug-likeness (QED) is 0.666. The largest absolute Gasteiger partial charge is 0.484 e. The van der Waals surface area contributed by atoms with Gasteiger partial charge in [0.2, 0.25) is 0 Å². The lowest BCUT2D eigenvalue weighted by Gasteiger charge is -2.30. The van der Waals surface area contributed by atoms with Crippen molar-refractivity contribution < 1.29 is 14.2 Å². The van der Waals surface area contributed by atoms with Crippen LogP contribution in [0.25, 0.3) is 5.69 Å². The van der Waals surface area contributed by atoms with Crippen molar-refractivity contribution in [2.24, 2.45) is 0 Å². The molecule has 162 valence electrons. The number of hydrogen-bond acceptors (Lipinski definition) is 5. The molecule has 1 aromatic heterocycles. The lowest BCUT2D eigenvalue weighted by Crippen LogP contribution is -2.39. The lowest BCUT2D eigenvalue weighted by atomic mass is 10.1. The van der Waals surface area contributed by atoms with Gasteiger partial charge in [-0.2, -0.15) is 0 Å². The number of fused-ring (bicyclic) bond motifs is 1. The Morgan fingerprint density at radius 2 is 1.84 bits per heavy atom. The summed E-state index contributed by atoms with van der Waals surface area (Å²) in [7, 11) is 0. The van der Waals surface area contributed by atoms with Gasteiger partial charge >= 0.3 is 0 Å². The van der Waals surface area contributed by atoms with E-state index in [1.54, 1.807) is 6.07 Å². The second-order valence-corrected chi connectivity index (χ2v) is 8.76. The molecule has 2 aliphatic rings. The highest BCUT2D eigenvalue weighted by Gasteiger charge is 2.42. The molecule has 0 amide bonds. The van der Waals surface area contributed by atoms with E-state index < -0.39 is 0 Å². The molecule has 0 bridgehead atoms. The first kappa shape index (κ1) is 20.4.